The molecule has 0 aliphatic carbocycles. The van der Waals surface area contributed by atoms with E-state index in [0.717, 1.165) is 0 Å². The van der Waals surface area contributed by atoms with Gasteiger partial charge in [0, 0.05) is 12.3 Å². The zero-order valence-electron chi connectivity index (χ0n) is 10.7. The lowest BCUT2D eigenvalue weighted by molar-refractivity contribution is -0.119. The highest BCUT2D eigenvalue weighted by Crippen LogP contribution is 2.19. The number of nitrogens with zero attached hydrogens (tertiary/aromatic N) is 3. The summed E-state index contributed by atoms with van der Waals surface area (Å²) in [6.45, 7) is 5.77. The average Bonchev–Trinajstić information content (AvgIpc) is 2.75. The van der Waals surface area contributed by atoms with Crippen LogP contribution in [0, 0.1) is 5.41 Å². The monoisotopic (exact) mass is 247 g/mol. The number of nitrogens with one attached hydrogen (secondary N) is 1. The molecule has 0 saturated heterocycles. The maximum Gasteiger partial charge on any atom is 0.242 e. The molecule has 2 rings (SSSR count). The van der Waals surface area contributed by atoms with Crippen molar-refractivity contribution < 1.29 is 4.79 Å². The Kier molecular flexibility index (Phi) is 3.04. The molecule has 0 aromatic carbocycles. The lowest BCUT2D eigenvalue weighted by atomic mass is 9.87. The maximum absolute atomic E-state index is 12.0. The van der Waals surface area contributed by atoms with E-state index in [-0.39, 0.29) is 11.3 Å². The van der Waals surface area contributed by atoms with Crippen molar-refractivity contribution in [3.05, 3.63) is 24.5 Å². The number of hydrogen-bond donors (Lipinski definition) is 2. The van der Waals surface area contributed by atoms with E-state index in [2.05, 4.69) is 15.4 Å². The first-order chi connectivity index (χ1) is 8.39. The summed E-state index contributed by atoms with van der Waals surface area (Å²) in [5.41, 5.74) is 6.29. The average molecular weight is 247 g/mol. The van der Waals surface area contributed by atoms with Gasteiger partial charge in [-0.2, -0.15) is 9.61 Å². The second-order valence-electron chi connectivity index (χ2n) is 5.26. The number of aromatic nitrogens is 3. The Morgan fingerprint density at radius 1 is 1.39 bits per heavy atom. The lowest BCUT2D eigenvalue weighted by Gasteiger charge is -2.25. The normalized spacial score (nSPS) is 13.6. The molecule has 0 aliphatic rings. The van der Waals surface area contributed by atoms with E-state index >= 15 is 0 Å². The SMILES string of the molecule is CC(C)(C)[C@H](N)C(=O)Nc1ccnc2ccnn12. The molecule has 1 amide bonds. The fraction of sp³-hybridized carbons (Fsp3) is 0.417. The summed E-state index contributed by atoms with van der Waals surface area (Å²) in [7, 11) is 0. The summed E-state index contributed by atoms with van der Waals surface area (Å²) in [5.74, 6) is 0.334. The predicted octanol–water partition coefficient (Wildman–Crippen LogP) is 1.04. The molecule has 18 heavy (non-hydrogen) atoms. The van der Waals surface area contributed by atoms with Crippen molar-refractivity contribution in [2.24, 2.45) is 11.1 Å². The predicted molar refractivity (Wildman–Crippen MR) is 69.0 cm³/mol. The van der Waals surface area contributed by atoms with Gasteiger partial charge in [-0.05, 0) is 11.5 Å². The Hall–Kier alpha value is -1.95. The molecule has 0 bridgehead atoms. The fourth-order valence-corrected chi connectivity index (χ4v) is 1.53. The minimum atomic E-state index is -0.587. The molecule has 0 fully saturated rings. The molecule has 0 radical (unpaired) electrons. The van der Waals surface area contributed by atoms with Crippen LogP contribution in [0.2, 0.25) is 0 Å². The van der Waals surface area contributed by atoms with Crippen molar-refractivity contribution in [3.8, 4) is 0 Å². The van der Waals surface area contributed by atoms with Gasteiger partial charge in [-0.1, -0.05) is 20.8 Å². The quantitative estimate of drug-likeness (QED) is 0.830. The topological polar surface area (TPSA) is 85.3 Å². The molecule has 0 aliphatic heterocycles. The first-order valence-electron chi connectivity index (χ1n) is 5.75. The third kappa shape index (κ3) is 2.33. The van der Waals surface area contributed by atoms with Crippen LogP contribution in [0.25, 0.3) is 5.65 Å². The van der Waals surface area contributed by atoms with Gasteiger partial charge in [-0.3, -0.25) is 4.79 Å². The van der Waals surface area contributed by atoms with E-state index in [1.807, 2.05) is 20.8 Å². The number of carbonyl (C=O) groups is 1. The molecule has 2 aromatic heterocycles. The Labute approximate surface area is 105 Å². The molecular formula is C12H17N5O. The van der Waals surface area contributed by atoms with Crippen LogP contribution in [-0.2, 0) is 4.79 Å². The summed E-state index contributed by atoms with van der Waals surface area (Å²) < 4.78 is 1.56. The second kappa shape index (κ2) is 4.38. The first-order valence-corrected chi connectivity index (χ1v) is 5.75. The number of rotatable bonds is 2. The standard InChI is InChI=1S/C12H17N5O/c1-12(2,3)10(13)11(18)16-9-4-6-14-8-5-7-15-17(8)9/h4-7,10H,13H2,1-3H3,(H,16,18)/t10-/m1/s1. The zero-order chi connectivity index (χ0) is 13.3. The third-order valence-electron chi connectivity index (χ3n) is 2.76. The minimum absolute atomic E-state index is 0.231. The Balaban J connectivity index is 2.24. The zero-order valence-corrected chi connectivity index (χ0v) is 10.7. The summed E-state index contributed by atoms with van der Waals surface area (Å²) in [6.07, 6.45) is 3.25. The number of amides is 1. The van der Waals surface area contributed by atoms with Gasteiger partial charge in [-0.15, -0.1) is 0 Å². The van der Waals surface area contributed by atoms with Gasteiger partial charge in [0.25, 0.3) is 0 Å². The van der Waals surface area contributed by atoms with Crippen LogP contribution >= 0.6 is 0 Å². The van der Waals surface area contributed by atoms with Gasteiger partial charge in [0.1, 0.15) is 5.82 Å². The molecule has 0 spiro atoms. The van der Waals surface area contributed by atoms with Gasteiger partial charge in [-0.25, -0.2) is 4.98 Å². The number of carbonyl (C=O) groups excluding carboxylic acids is 1. The second-order valence-corrected chi connectivity index (χ2v) is 5.26. The van der Waals surface area contributed by atoms with Crippen LogP contribution in [0.1, 0.15) is 20.8 Å². The number of nitrogens with two attached hydrogens (primary N) is 1. The van der Waals surface area contributed by atoms with Gasteiger partial charge in [0.05, 0.1) is 12.2 Å². The van der Waals surface area contributed by atoms with E-state index in [9.17, 15) is 4.79 Å². The van der Waals surface area contributed by atoms with E-state index in [4.69, 9.17) is 5.73 Å². The fourth-order valence-electron chi connectivity index (χ4n) is 1.53. The molecule has 6 heteroatoms. The Morgan fingerprint density at radius 3 is 2.78 bits per heavy atom. The number of fused-ring (bicyclic) bond motifs is 1. The van der Waals surface area contributed by atoms with Crippen molar-refractivity contribution in [3.63, 3.8) is 0 Å². The van der Waals surface area contributed by atoms with Crippen LogP contribution in [0.5, 0.6) is 0 Å². The minimum Gasteiger partial charge on any atom is -0.319 e. The molecule has 3 N–H and O–H groups in total. The van der Waals surface area contributed by atoms with Crippen molar-refractivity contribution in [1.82, 2.24) is 14.6 Å². The highest BCUT2D eigenvalue weighted by molar-refractivity contribution is 5.94. The smallest absolute Gasteiger partial charge is 0.242 e. The molecule has 0 unspecified atom stereocenters. The van der Waals surface area contributed by atoms with E-state index < -0.39 is 6.04 Å². The largest absolute Gasteiger partial charge is 0.319 e. The molecule has 2 heterocycles. The maximum atomic E-state index is 12.0. The van der Waals surface area contributed by atoms with Gasteiger partial charge in [0.15, 0.2) is 5.65 Å². The van der Waals surface area contributed by atoms with Crippen LogP contribution in [-0.4, -0.2) is 26.5 Å². The summed E-state index contributed by atoms with van der Waals surface area (Å²) in [5, 5.41) is 6.87. The molecule has 1 atom stereocenters. The third-order valence-corrected chi connectivity index (χ3v) is 2.76. The lowest BCUT2D eigenvalue weighted by Crippen LogP contribution is -2.45. The van der Waals surface area contributed by atoms with Gasteiger partial charge in [0.2, 0.25) is 5.91 Å². The molecule has 96 valence electrons. The van der Waals surface area contributed by atoms with Crippen molar-refractivity contribution in [2.45, 2.75) is 26.8 Å². The highest BCUT2D eigenvalue weighted by Gasteiger charge is 2.27. The van der Waals surface area contributed by atoms with E-state index in [1.54, 1.807) is 29.0 Å². The van der Waals surface area contributed by atoms with Gasteiger partial charge >= 0.3 is 0 Å². The summed E-state index contributed by atoms with van der Waals surface area (Å²) in [6, 6.07) is 2.86. The molecule has 2 aromatic rings. The number of hydrogen-bond acceptors (Lipinski definition) is 4. The van der Waals surface area contributed by atoms with Crippen LogP contribution in [0.15, 0.2) is 24.5 Å². The number of anilines is 1. The molecule has 0 saturated carbocycles. The van der Waals surface area contributed by atoms with Crippen molar-refractivity contribution in [2.75, 3.05) is 5.32 Å². The van der Waals surface area contributed by atoms with E-state index in [1.165, 1.54) is 0 Å². The van der Waals surface area contributed by atoms with Crippen LogP contribution < -0.4 is 11.1 Å². The first kappa shape index (κ1) is 12.5. The van der Waals surface area contributed by atoms with Crippen molar-refractivity contribution in [1.29, 1.82) is 0 Å². The van der Waals surface area contributed by atoms with E-state index in [0.29, 0.717) is 11.5 Å². The van der Waals surface area contributed by atoms with Gasteiger partial charge < -0.3 is 11.1 Å². The highest BCUT2D eigenvalue weighted by atomic mass is 16.2. The van der Waals surface area contributed by atoms with Crippen molar-refractivity contribution >= 4 is 17.4 Å². The van der Waals surface area contributed by atoms with Crippen LogP contribution in [0.4, 0.5) is 5.82 Å². The Bertz CT molecular complexity index is 569. The Morgan fingerprint density at radius 2 is 2.11 bits per heavy atom. The molecular weight excluding hydrogens is 230 g/mol. The van der Waals surface area contributed by atoms with Crippen LogP contribution in [0.3, 0.4) is 0 Å². The summed E-state index contributed by atoms with van der Waals surface area (Å²) in [4.78, 5) is 16.1. The summed E-state index contributed by atoms with van der Waals surface area (Å²) >= 11 is 0. The molecule has 6 nitrogen and oxygen atoms in total.